The maximum atomic E-state index is 13.0. The smallest absolute Gasteiger partial charge is 0.142 e. The number of aryl methyl sites for hydroxylation is 1. The van der Waals surface area contributed by atoms with Crippen LogP contribution in [0.25, 0.3) is 0 Å². The van der Waals surface area contributed by atoms with Gasteiger partial charge in [0.25, 0.3) is 0 Å². The second kappa shape index (κ2) is 5.32. The fourth-order valence-electron chi connectivity index (χ4n) is 1.22. The number of halogens is 2. The molecule has 14 heavy (non-hydrogen) atoms. The van der Waals surface area contributed by atoms with Crippen molar-refractivity contribution < 1.29 is 4.39 Å². The number of hydrogen-bond donors (Lipinski definition) is 1. The number of benzene rings is 1. The van der Waals surface area contributed by atoms with Gasteiger partial charge in [0.05, 0.1) is 5.02 Å². The lowest BCUT2D eigenvalue weighted by molar-refractivity contribution is 0.562. The topological polar surface area (TPSA) is 12.0 Å². The lowest BCUT2D eigenvalue weighted by Crippen LogP contribution is -2.21. The molecule has 0 saturated carbocycles. The van der Waals surface area contributed by atoms with Crippen LogP contribution in [0.5, 0.6) is 0 Å². The van der Waals surface area contributed by atoms with Crippen LogP contribution in [0.1, 0.15) is 18.9 Å². The van der Waals surface area contributed by atoms with E-state index in [1.807, 2.05) is 13.1 Å². The van der Waals surface area contributed by atoms with E-state index in [-0.39, 0.29) is 10.8 Å². The van der Waals surface area contributed by atoms with Crippen LogP contribution < -0.4 is 5.32 Å². The first-order valence-electron chi connectivity index (χ1n) is 4.74. The molecular weight excluding hydrogens is 201 g/mol. The van der Waals surface area contributed by atoms with Gasteiger partial charge in [0.2, 0.25) is 0 Å². The first kappa shape index (κ1) is 11.5. The zero-order valence-electron chi connectivity index (χ0n) is 8.48. The average Bonchev–Trinajstić information content (AvgIpc) is 2.19. The monoisotopic (exact) mass is 215 g/mol. The fourth-order valence-corrected chi connectivity index (χ4v) is 1.34. The molecule has 1 N–H and O–H groups in total. The van der Waals surface area contributed by atoms with Crippen molar-refractivity contribution in [3.05, 3.63) is 34.6 Å². The Labute approximate surface area is 89.3 Å². The van der Waals surface area contributed by atoms with E-state index in [0.717, 1.165) is 18.4 Å². The van der Waals surface area contributed by atoms with Crippen LogP contribution in [0.2, 0.25) is 5.02 Å². The summed E-state index contributed by atoms with van der Waals surface area (Å²) in [5, 5.41) is 3.33. The third-order valence-electron chi connectivity index (χ3n) is 2.34. The number of hydrogen-bond acceptors (Lipinski definition) is 1. The second-order valence-electron chi connectivity index (χ2n) is 3.48. The van der Waals surface area contributed by atoms with Gasteiger partial charge in [-0.05, 0) is 44.5 Å². The van der Waals surface area contributed by atoms with Gasteiger partial charge >= 0.3 is 0 Å². The summed E-state index contributed by atoms with van der Waals surface area (Å²) >= 11 is 5.58. The van der Waals surface area contributed by atoms with Gasteiger partial charge in [0.15, 0.2) is 0 Å². The molecule has 0 aromatic heterocycles. The molecule has 0 amide bonds. The molecule has 1 nitrogen and oxygen atoms in total. The van der Waals surface area contributed by atoms with E-state index in [2.05, 4.69) is 12.2 Å². The van der Waals surface area contributed by atoms with Gasteiger partial charge in [-0.3, -0.25) is 0 Å². The fraction of sp³-hybridized carbons (Fsp3) is 0.455. The molecule has 0 aliphatic carbocycles. The Hall–Kier alpha value is -0.600. The van der Waals surface area contributed by atoms with E-state index in [9.17, 15) is 4.39 Å². The SMILES string of the molecule is CNC(C)CCc1ccc(Cl)c(F)c1. The Morgan fingerprint density at radius 3 is 2.79 bits per heavy atom. The van der Waals surface area contributed by atoms with Crippen LogP contribution in [0, 0.1) is 5.82 Å². The first-order valence-corrected chi connectivity index (χ1v) is 5.12. The highest BCUT2D eigenvalue weighted by Crippen LogP contribution is 2.16. The molecule has 0 aliphatic rings. The highest BCUT2D eigenvalue weighted by atomic mass is 35.5. The standard InChI is InChI=1S/C11H15ClFN/c1-8(14-2)3-4-9-5-6-10(12)11(13)7-9/h5-8,14H,3-4H2,1-2H3. The summed E-state index contributed by atoms with van der Waals surface area (Å²) in [5.74, 6) is -0.332. The van der Waals surface area contributed by atoms with Crippen LogP contribution in [0.3, 0.4) is 0 Å². The highest BCUT2D eigenvalue weighted by Gasteiger charge is 2.03. The zero-order valence-corrected chi connectivity index (χ0v) is 9.24. The molecule has 1 aromatic rings. The molecule has 0 bridgehead atoms. The maximum absolute atomic E-state index is 13.0. The molecule has 0 aliphatic heterocycles. The van der Waals surface area contributed by atoms with Gasteiger partial charge in [0, 0.05) is 6.04 Å². The summed E-state index contributed by atoms with van der Waals surface area (Å²) in [7, 11) is 1.92. The van der Waals surface area contributed by atoms with E-state index < -0.39 is 0 Å². The lowest BCUT2D eigenvalue weighted by atomic mass is 10.1. The predicted molar refractivity (Wildman–Crippen MR) is 58.3 cm³/mol. The van der Waals surface area contributed by atoms with E-state index in [1.165, 1.54) is 6.07 Å². The average molecular weight is 216 g/mol. The van der Waals surface area contributed by atoms with Crippen LogP contribution in [0.4, 0.5) is 4.39 Å². The Kier molecular flexibility index (Phi) is 4.36. The van der Waals surface area contributed by atoms with Crippen LogP contribution in [-0.4, -0.2) is 13.1 Å². The molecule has 1 unspecified atom stereocenters. The molecule has 1 rings (SSSR count). The molecular formula is C11H15ClFN. The molecule has 78 valence electrons. The van der Waals surface area contributed by atoms with Crippen molar-refractivity contribution in [2.24, 2.45) is 0 Å². The summed E-state index contributed by atoms with van der Waals surface area (Å²) in [6.07, 6.45) is 1.87. The minimum atomic E-state index is -0.332. The number of rotatable bonds is 4. The van der Waals surface area contributed by atoms with E-state index >= 15 is 0 Å². The lowest BCUT2D eigenvalue weighted by Gasteiger charge is -2.09. The van der Waals surface area contributed by atoms with Crippen molar-refractivity contribution >= 4 is 11.6 Å². The maximum Gasteiger partial charge on any atom is 0.142 e. The van der Waals surface area contributed by atoms with Gasteiger partial charge in [-0.25, -0.2) is 4.39 Å². The number of nitrogens with one attached hydrogen (secondary N) is 1. The van der Waals surface area contributed by atoms with Crippen molar-refractivity contribution in [1.29, 1.82) is 0 Å². The van der Waals surface area contributed by atoms with Crippen LogP contribution in [-0.2, 0) is 6.42 Å². The molecule has 0 fully saturated rings. The Balaban J connectivity index is 2.55. The molecule has 3 heteroatoms. The molecule has 1 atom stereocenters. The van der Waals surface area contributed by atoms with Crippen molar-refractivity contribution in [2.45, 2.75) is 25.8 Å². The van der Waals surface area contributed by atoms with Gasteiger partial charge in [-0.2, -0.15) is 0 Å². The summed E-state index contributed by atoms with van der Waals surface area (Å²) in [4.78, 5) is 0. The Bertz CT molecular complexity index is 301. The summed E-state index contributed by atoms with van der Waals surface area (Å²) in [6.45, 7) is 2.10. The minimum Gasteiger partial charge on any atom is -0.317 e. The van der Waals surface area contributed by atoms with Crippen molar-refractivity contribution in [3.8, 4) is 0 Å². The van der Waals surface area contributed by atoms with Gasteiger partial charge in [-0.15, -0.1) is 0 Å². The molecule has 1 aromatic carbocycles. The van der Waals surface area contributed by atoms with Crippen LogP contribution in [0.15, 0.2) is 18.2 Å². The zero-order chi connectivity index (χ0) is 10.6. The summed E-state index contributed by atoms with van der Waals surface area (Å²) < 4.78 is 13.0. The third kappa shape index (κ3) is 3.28. The molecule has 0 saturated heterocycles. The quantitative estimate of drug-likeness (QED) is 0.814. The predicted octanol–water partition coefficient (Wildman–Crippen LogP) is 3.02. The van der Waals surface area contributed by atoms with E-state index in [1.54, 1.807) is 6.07 Å². The van der Waals surface area contributed by atoms with Crippen molar-refractivity contribution in [3.63, 3.8) is 0 Å². The molecule has 0 spiro atoms. The normalized spacial score (nSPS) is 12.9. The van der Waals surface area contributed by atoms with Gasteiger partial charge in [-0.1, -0.05) is 17.7 Å². The second-order valence-corrected chi connectivity index (χ2v) is 3.88. The van der Waals surface area contributed by atoms with Crippen molar-refractivity contribution in [2.75, 3.05) is 7.05 Å². The van der Waals surface area contributed by atoms with Gasteiger partial charge in [0.1, 0.15) is 5.82 Å². The third-order valence-corrected chi connectivity index (χ3v) is 2.65. The largest absolute Gasteiger partial charge is 0.317 e. The van der Waals surface area contributed by atoms with E-state index in [0.29, 0.717) is 6.04 Å². The minimum absolute atomic E-state index is 0.190. The Morgan fingerprint density at radius 2 is 2.21 bits per heavy atom. The summed E-state index contributed by atoms with van der Waals surface area (Å²) in [6, 6.07) is 5.43. The van der Waals surface area contributed by atoms with Crippen LogP contribution >= 0.6 is 11.6 Å². The highest BCUT2D eigenvalue weighted by molar-refractivity contribution is 6.30. The molecule has 0 radical (unpaired) electrons. The Morgan fingerprint density at radius 1 is 1.50 bits per heavy atom. The molecule has 0 heterocycles. The summed E-state index contributed by atoms with van der Waals surface area (Å²) in [5.41, 5.74) is 0.994. The van der Waals surface area contributed by atoms with E-state index in [4.69, 9.17) is 11.6 Å². The first-order chi connectivity index (χ1) is 6.63. The van der Waals surface area contributed by atoms with Crippen molar-refractivity contribution in [1.82, 2.24) is 5.32 Å². The van der Waals surface area contributed by atoms with Gasteiger partial charge < -0.3 is 5.32 Å².